The first-order chi connectivity index (χ1) is 13.6. The lowest BCUT2D eigenvalue weighted by Gasteiger charge is -2.20. The number of carbonyl (C=O) groups is 2. The molecule has 1 aliphatic rings. The van der Waals surface area contributed by atoms with Gasteiger partial charge in [0, 0.05) is 19.0 Å². The van der Waals surface area contributed by atoms with Crippen LogP contribution >= 0.6 is 0 Å². The second-order valence-corrected chi connectivity index (χ2v) is 6.36. The number of nitrogens with zero attached hydrogens (tertiary/aromatic N) is 1. The Kier molecular flexibility index (Phi) is 6.03. The van der Waals surface area contributed by atoms with E-state index in [1.807, 2.05) is 19.1 Å². The lowest BCUT2D eigenvalue weighted by molar-refractivity contribution is -0.122. The molecule has 0 aliphatic carbocycles. The third-order valence-electron chi connectivity index (χ3n) is 4.62. The van der Waals surface area contributed by atoms with Crippen LogP contribution < -0.4 is 24.4 Å². The van der Waals surface area contributed by atoms with Gasteiger partial charge in [0.15, 0.2) is 0 Å². The summed E-state index contributed by atoms with van der Waals surface area (Å²) in [5.41, 5.74) is 1.22. The Labute approximate surface area is 164 Å². The topological polar surface area (TPSA) is 77.1 Å². The zero-order valence-electron chi connectivity index (χ0n) is 16.2. The fourth-order valence-electron chi connectivity index (χ4n) is 3.21. The molecule has 1 saturated heterocycles. The summed E-state index contributed by atoms with van der Waals surface area (Å²) in [6.45, 7) is 2.67. The second kappa shape index (κ2) is 8.65. The smallest absolute Gasteiger partial charge is 0.229 e. The molecule has 1 heterocycles. The molecule has 1 fully saturated rings. The van der Waals surface area contributed by atoms with Gasteiger partial charge in [-0.3, -0.25) is 9.59 Å². The highest BCUT2D eigenvalue weighted by atomic mass is 16.5. The molecular weight excluding hydrogens is 360 g/mol. The molecule has 1 atom stereocenters. The monoisotopic (exact) mass is 384 g/mol. The number of carbonyl (C=O) groups excluding carboxylic acids is 2. The summed E-state index contributed by atoms with van der Waals surface area (Å²) in [5, 5.41) is 2.88. The third-order valence-corrected chi connectivity index (χ3v) is 4.62. The van der Waals surface area contributed by atoms with Crippen molar-refractivity contribution in [3.63, 3.8) is 0 Å². The van der Waals surface area contributed by atoms with Crippen LogP contribution in [0.4, 0.5) is 11.4 Å². The molecule has 3 rings (SSSR count). The predicted octanol–water partition coefficient (Wildman–Crippen LogP) is 3.09. The second-order valence-electron chi connectivity index (χ2n) is 6.36. The zero-order valence-corrected chi connectivity index (χ0v) is 16.2. The SMILES string of the molecule is CCOc1ccccc1NC(=O)[C@H]1CC(=O)N(c2ccc(OC)cc2OC)C1. The Balaban J connectivity index is 1.75. The third kappa shape index (κ3) is 4.03. The first kappa shape index (κ1) is 19.5. The van der Waals surface area contributed by atoms with Crippen LogP contribution in [-0.2, 0) is 9.59 Å². The predicted molar refractivity (Wildman–Crippen MR) is 106 cm³/mol. The molecule has 2 amide bonds. The van der Waals surface area contributed by atoms with Crippen LogP contribution in [0.3, 0.4) is 0 Å². The van der Waals surface area contributed by atoms with Crippen molar-refractivity contribution in [2.45, 2.75) is 13.3 Å². The maximum atomic E-state index is 12.8. The van der Waals surface area contributed by atoms with Gasteiger partial charge in [0.2, 0.25) is 11.8 Å². The quantitative estimate of drug-likeness (QED) is 0.794. The molecule has 7 heteroatoms. The van der Waals surface area contributed by atoms with Gasteiger partial charge in [-0.2, -0.15) is 0 Å². The van der Waals surface area contributed by atoms with Crippen molar-refractivity contribution >= 4 is 23.2 Å². The van der Waals surface area contributed by atoms with Crippen LogP contribution in [-0.4, -0.2) is 39.2 Å². The van der Waals surface area contributed by atoms with Gasteiger partial charge < -0.3 is 24.4 Å². The summed E-state index contributed by atoms with van der Waals surface area (Å²) >= 11 is 0. The molecule has 1 aliphatic heterocycles. The summed E-state index contributed by atoms with van der Waals surface area (Å²) in [5.74, 6) is 0.965. The maximum Gasteiger partial charge on any atom is 0.229 e. The van der Waals surface area contributed by atoms with Crippen molar-refractivity contribution in [3.05, 3.63) is 42.5 Å². The number of amides is 2. The molecule has 148 valence electrons. The van der Waals surface area contributed by atoms with Crippen molar-refractivity contribution in [2.75, 3.05) is 37.6 Å². The maximum absolute atomic E-state index is 12.8. The van der Waals surface area contributed by atoms with Crippen molar-refractivity contribution in [2.24, 2.45) is 5.92 Å². The Morgan fingerprint density at radius 3 is 2.64 bits per heavy atom. The molecule has 28 heavy (non-hydrogen) atoms. The van der Waals surface area contributed by atoms with E-state index in [0.29, 0.717) is 35.2 Å². The summed E-state index contributed by atoms with van der Waals surface area (Å²) < 4.78 is 16.1. The number of benzene rings is 2. The number of rotatable bonds is 7. The average Bonchev–Trinajstić information content (AvgIpc) is 3.10. The Morgan fingerprint density at radius 2 is 1.93 bits per heavy atom. The minimum Gasteiger partial charge on any atom is -0.497 e. The molecule has 2 aromatic rings. The Hall–Kier alpha value is -3.22. The summed E-state index contributed by atoms with van der Waals surface area (Å²) in [6, 6.07) is 12.5. The number of ether oxygens (including phenoxy) is 3. The summed E-state index contributed by atoms with van der Waals surface area (Å²) in [6.07, 6.45) is 0.137. The lowest BCUT2D eigenvalue weighted by atomic mass is 10.1. The highest BCUT2D eigenvalue weighted by molar-refractivity contribution is 6.04. The number of para-hydroxylation sites is 2. The molecular formula is C21H24N2O5. The average molecular weight is 384 g/mol. The molecule has 7 nitrogen and oxygen atoms in total. The normalized spacial score (nSPS) is 16.0. The van der Waals surface area contributed by atoms with Gasteiger partial charge in [0.25, 0.3) is 0 Å². The fourth-order valence-corrected chi connectivity index (χ4v) is 3.21. The van der Waals surface area contributed by atoms with Crippen LogP contribution in [0, 0.1) is 5.92 Å². The highest BCUT2D eigenvalue weighted by Crippen LogP contribution is 2.36. The summed E-state index contributed by atoms with van der Waals surface area (Å²) in [7, 11) is 3.10. The number of methoxy groups -OCH3 is 2. The number of hydrogen-bond acceptors (Lipinski definition) is 5. The first-order valence-electron chi connectivity index (χ1n) is 9.12. The van der Waals surface area contributed by atoms with Gasteiger partial charge >= 0.3 is 0 Å². The van der Waals surface area contributed by atoms with Crippen LogP contribution in [0.5, 0.6) is 17.2 Å². The van der Waals surface area contributed by atoms with Gasteiger partial charge in [0.05, 0.1) is 38.1 Å². The lowest BCUT2D eigenvalue weighted by Crippen LogP contribution is -2.28. The van der Waals surface area contributed by atoms with Crippen molar-refractivity contribution in [1.82, 2.24) is 0 Å². The van der Waals surface area contributed by atoms with Gasteiger partial charge in [-0.1, -0.05) is 12.1 Å². The van der Waals surface area contributed by atoms with Crippen LogP contribution in [0.2, 0.25) is 0 Å². The minimum absolute atomic E-state index is 0.123. The fraction of sp³-hybridized carbons (Fsp3) is 0.333. The minimum atomic E-state index is -0.464. The molecule has 0 unspecified atom stereocenters. The van der Waals surface area contributed by atoms with E-state index in [1.54, 1.807) is 42.3 Å². The van der Waals surface area contributed by atoms with E-state index in [0.717, 1.165) is 0 Å². The molecule has 1 N–H and O–H groups in total. The van der Waals surface area contributed by atoms with E-state index in [-0.39, 0.29) is 24.8 Å². The van der Waals surface area contributed by atoms with Crippen molar-refractivity contribution in [3.8, 4) is 17.2 Å². The van der Waals surface area contributed by atoms with Crippen LogP contribution in [0.1, 0.15) is 13.3 Å². The highest BCUT2D eigenvalue weighted by Gasteiger charge is 2.36. The molecule has 0 saturated carbocycles. The van der Waals surface area contributed by atoms with Crippen molar-refractivity contribution in [1.29, 1.82) is 0 Å². The number of hydrogen-bond donors (Lipinski definition) is 1. The molecule has 0 spiro atoms. The van der Waals surface area contributed by atoms with E-state index in [1.165, 1.54) is 7.11 Å². The standard InChI is InChI=1S/C21H24N2O5/c1-4-28-18-8-6-5-7-16(18)22-21(25)14-11-20(24)23(13-14)17-10-9-15(26-2)12-19(17)27-3/h5-10,12,14H,4,11,13H2,1-3H3,(H,22,25)/t14-/m0/s1. The Morgan fingerprint density at radius 1 is 1.14 bits per heavy atom. The van der Waals surface area contributed by atoms with Crippen molar-refractivity contribution < 1.29 is 23.8 Å². The van der Waals surface area contributed by atoms with E-state index < -0.39 is 5.92 Å². The summed E-state index contributed by atoms with van der Waals surface area (Å²) in [4.78, 5) is 26.9. The van der Waals surface area contributed by atoms with Gasteiger partial charge in [-0.05, 0) is 31.2 Å². The van der Waals surface area contributed by atoms with E-state index in [9.17, 15) is 9.59 Å². The molecule has 0 radical (unpaired) electrons. The largest absolute Gasteiger partial charge is 0.497 e. The molecule has 0 bridgehead atoms. The number of nitrogens with one attached hydrogen (secondary N) is 1. The van der Waals surface area contributed by atoms with E-state index >= 15 is 0 Å². The van der Waals surface area contributed by atoms with Crippen LogP contribution in [0.15, 0.2) is 42.5 Å². The molecule has 2 aromatic carbocycles. The Bertz CT molecular complexity index is 868. The van der Waals surface area contributed by atoms with Gasteiger partial charge in [-0.15, -0.1) is 0 Å². The van der Waals surface area contributed by atoms with Gasteiger partial charge in [0.1, 0.15) is 17.2 Å². The zero-order chi connectivity index (χ0) is 20.1. The first-order valence-corrected chi connectivity index (χ1v) is 9.12. The van der Waals surface area contributed by atoms with Crippen LogP contribution in [0.25, 0.3) is 0 Å². The molecule has 0 aromatic heterocycles. The van der Waals surface area contributed by atoms with Gasteiger partial charge in [-0.25, -0.2) is 0 Å². The number of anilines is 2. The van der Waals surface area contributed by atoms with E-state index in [2.05, 4.69) is 5.32 Å². The van der Waals surface area contributed by atoms with E-state index in [4.69, 9.17) is 14.2 Å².